The zero-order valence-electron chi connectivity index (χ0n) is 17.3. The molecule has 1 unspecified atom stereocenters. The molecule has 0 amide bonds. The highest BCUT2D eigenvalue weighted by Gasteiger charge is 2.29. The van der Waals surface area contributed by atoms with Gasteiger partial charge in [0.1, 0.15) is 5.84 Å². The Kier molecular flexibility index (Phi) is 6.52. The van der Waals surface area contributed by atoms with E-state index in [0.29, 0.717) is 11.4 Å². The summed E-state index contributed by atoms with van der Waals surface area (Å²) in [6, 6.07) is 12.5. The standard InChI is InChI=1S/C23H28N4O3/c1-14(24)27-8-6-15(7-9-27)21(30-2)19-11-18(12-20(13-19)23(28)29)16-4-3-5-17(10-16)22(25)26/h3-5,10-13,15,21,24H,6-9H2,1-2H3,(H3,25,26)(H,28,29). The van der Waals surface area contributed by atoms with Crippen LogP contribution < -0.4 is 5.73 Å². The van der Waals surface area contributed by atoms with Gasteiger partial charge in [-0.3, -0.25) is 10.8 Å². The van der Waals surface area contributed by atoms with Gasteiger partial charge in [0.25, 0.3) is 0 Å². The van der Waals surface area contributed by atoms with Crippen molar-refractivity contribution in [2.45, 2.75) is 25.9 Å². The molecule has 1 heterocycles. The van der Waals surface area contributed by atoms with Crippen LogP contribution in [0, 0.1) is 16.7 Å². The molecule has 2 aromatic rings. The number of amidine groups is 2. The van der Waals surface area contributed by atoms with Crippen LogP contribution in [0.25, 0.3) is 11.1 Å². The number of likely N-dealkylation sites (tertiary alicyclic amines) is 1. The van der Waals surface area contributed by atoms with E-state index in [4.69, 9.17) is 21.3 Å². The zero-order valence-corrected chi connectivity index (χ0v) is 17.3. The summed E-state index contributed by atoms with van der Waals surface area (Å²) in [6.45, 7) is 3.39. The Morgan fingerprint density at radius 1 is 1.13 bits per heavy atom. The Labute approximate surface area is 176 Å². The van der Waals surface area contributed by atoms with Crippen molar-refractivity contribution in [2.24, 2.45) is 11.7 Å². The first-order valence-electron chi connectivity index (χ1n) is 9.96. The molecule has 1 aliphatic heterocycles. The van der Waals surface area contributed by atoms with Gasteiger partial charge in [-0.2, -0.15) is 0 Å². The number of nitrogens with two attached hydrogens (primary N) is 1. The van der Waals surface area contributed by atoms with E-state index in [-0.39, 0.29) is 23.4 Å². The van der Waals surface area contributed by atoms with E-state index in [1.54, 1.807) is 38.3 Å². The van der Waals surface area contributed by atoms with Crippen LogP contribution in [0.3, 0.4) is 0 Å². The second kappa shape index (κ2) is 9.09. The molecular weight excluding hydrogens is 380 g/mol. The van der Waals surface area contributed by atoms with Crippen molar-refractivity contribution in [1.82, 2.24) is 4.90 Å². The number of nitrogen functional groups attached to an aromatic ring is 1. The van der Waals surface area contributed by atoms with Crippen LogP contribution in [0.4, 0.5) is 0 Å². The predicted octanol–water partition coefficient (Wildman–Crippen LogP) is 3.73. The molecule has 7 nitrogen and oxygen atoms in total. The summed E-state index contributed by atoms with van der Waals surface area (Å²) < 4.78 is 5.84. The van der Waals surface area contributed by atoms with Crippen LogP contribution in [0.1, 0.15) is 47.4 Å². The minimum Gasteiger partial charge on any atom is -0.478 e. The van der Waals surface area contributed by atoms with Gasteiger partial charge in [0.05, 0.1) is 17.5 Å². The SMILES string of the molecule is COC(c1cc(C(=O)O)cc(-c2cccc(C(=N)N)c2)c1)C1CCN(C(C)=N)CC1. The number of piperidine rings is 1. The monoisotopic (exact) mass is 408 g/mol. The van der Waals surface area contributed by atoms with Gasteiger partial charge in [-0.05, 0) is 66.6 Å². The Morgan fingerprint density at radius 2 is 1.80 bits per heavy atom. The summed E-state index contributed by atoms with van der Waals surface area (Å²) in [4.78, 5) is 13.8. The minimum absolute atomic E-state index is 0.0329. The molecule has 7 heteroatoms. The number of benzene rings is 2. The van der Waals surface area contributed by atoms with Crippen LogP contribution in [0.2, 0.25) is 0 Å². The van der Waals surface area contributed by atoms with Crippen LogP contribution in [0.5, 0.6) is 0 Å². The first kappa shape index (κ1) is 21.5. The first-order valence-corrected chi connectivity index (χ1v) is 9.96. The summed E-state index contributed by atoms with van der Waals surface area (Å²) in [5.41, 5.74) is 8.79. The number of carbonyl (C=O) groups is 1. The van der Waals surface area contributed by atoms with E-state index in [0.717, 1.165) is 42.6 Å². The smallest absolute Gasteiger partial charge is 0.335 e. The molecule has 1 saturated heterocycles. The number of ether oxygens (including phenoxy) is 1. The average molecular weight is 409 g/mol. The molecule has 0 spiro atoms. The highest BCUT2D eigenvalue weighted by Crippen LogP contribution is 2.36. The van der Waals surface area contributed by atoms with Crippen molar-refractivity contribution in [3.05, 3.63) is 59.2 Å². The molecule has 1 atom stereocenters. The molecule has 30 heavy (non-hydrogen) atoms. The molecule has 5 N–H and O–H groups in total. The molecule has 2 aromatic carbocycles. The van der Waals surface area contributed by atoms with E-state index in [2.05, 4.69) is 4.90 Å². The van der Waals surface area contributed by atoms with Crippen LogP contribution in [-0.2, 0) is 4.74 Å². The van der Waals surface area contributed by atoms with Crippen LogP contribution >= 0.6 is 0 Å². The molecule has 1 fully saturated rings. The van der Waals surface area contributed by atoms with E-state index in [1.807, 2.05) is 18.2 Å². The summed E-state index contributed by atoms with van der Waals surface area (Å²) >= 11 is 0. The number of hydrogen-bond donors (Lipinski definition) is 4. The molecule has 0 bridgehead atoms. The molecule has 0 saturated carbocycles. The van der Waals surface area contributed by atoms with Crippen molar-refractivity contribution >= 4 is 17.6 Å². The Hall–Kier alpha value is -3.19. The highest BCUT2D eigenvalue weighted by atomic mass is 16.5. The van der Waals surface area contributed by atoms with Gasteiger partial charge in [-0.15, -0.1) is 0 Å². The zero-order chi connectivity index (χ0) is 21.8. The molecular formula is C23H28N4O3. The normalized spacial score (nSPS) is 15.6. The lowest BCUT2D eigenvalue weighted by Crippen LogP contribution is -2.38. The lowest BCUT2D eigenvalue weighted by Gasteiger charge is -2.36. The first-order chi connectivity index (χ1) is 14.3. The predicted molar refractivity (Wildman–Crippen MR) is 117 cm³/mol. The quantitative estimate of drug-likeness (QED) is 0.428. The number of carboxylic acids is 1. The van der Waals surface area contributed by atoms with Crippen molar-refractivity contribution in [3.8, 4) is 11.1 Å². The number of methoxy groups -OCH3 is 1. The van der Waals surface area contributed by atoms with Crippen molar-refractivity contribution in [3.63, 3.8) is 0 Å². The number of carboxylic acid groups (broad SMARTS) is 1. The fourth-order valence-electron chi connectivity index (χ4n) is 4.11. The molecule has 0 radical (unpaired) electrons. The summed E-state index contributed by atoms with van der Waals surface area (Å²) in [7, 11) is 1.66. The Morgan fingerprint density at radius 3 is 2.37 bits per heavy atom. The van der Waals surface area contributed by atoms with E-state index in [1.165, 1.54) is 0 Å². The summed E-state index contributed by atoms with van der Waals surface area (Å²) in [5, 5.41) is 25.2. The molecule has 0 aromatic heterocycles. The van der Waals surface area contributed by atoms with Gasteiger partial charge < -0.3 is 20.5 Å². The van der Waals surface area contributed by atoms with Gasteiger partial charge in [0.2, 0.25) is 0 Å². The maximum atomic E-state index is 11.8. The highest BCUT2D eigenvalue weighted by molar-refractivity contribution is 5.96. The summed E-state index contributed by atoms with van der Waals surface area (Å²) in [5.74, 6) is -0.214. The third kappa shape index (κ3) is 4.68. The van der Waals surface area contributed by atoms with Gasteiger partial charge >= 0.3 is 5.97 Å². The largest absolute Gasteiger partial charge is 0.478 e. The number of nitrogens with one attached hydrogen (secondary N) is 2. The van der Waals surface area contributed by atoms with Gasteiger partial charge in [0.15, 0.2) is 0 Å². The fraction of sp³-hybridized carbons (Fsp3) is 0.348. The second-order valence-corrected chi connectivity index (χ2v) is 7.71. The Balaban J connectivity index is 1.98. The second-order valence-electron chi connectivity index (χ2n) is 7.71. The van der Waals surface area contributed by atoms with E-state index < -0.39 is 5.97 Å². The Bertz CT molecular complexity index is 965. The lowest BCUT2D eigenvalue weighted by molar-refractivity contribution is 0.0288. The fourth-order valence-corrected chi connectivity index (χ4v) is 4.11. The maximum Gasteiger partial charge on any atom is 0.335 e. The number of hydrogen-bond acceptors (Lipinski definition) is 4. The summed E-state index contributed by atoms with van der Waals surface area (Å²) in [6.07, 6.45) is 1.52. The molecule has 1 aliphatic rings. The van der Waals surface area contributed by atoms with Crippen molar-refractivity contribution in [2.75, 3.05) is 20.2 Å². The van der Waals surface area contributed by atoms with Crippen molar-refractivity contribution < 1.29 is 14.6 Å². The average Bonchev–Trinajstić information content (AvgIpc) is 2.74. The van der Waals surface area contributed by atoms with Crippen LogP contribution in [0.15, 0.2) is 42.5 Å². The third-order valence-corrected chi connectivity index (χ3v) is 5.73. The minimum atomic E-state index is -0.995. The van der Waals surface area contributed by atoms with E-state index >= 15 is 0 Å². The third-order valence-electron chi connectivity index (χ3n) is 5.73. The van der Waals surface area contributed by atoms with Crippen molar-refractivity contribution in [1.29, 1.82) is 10.8 Å². The topological polar surface area (TPSA) is 123 Å². The van der Waals surface area contributed by atoms with Crippen LogP contribution in [-0.4, -0.2) is 47.8 Å². The van der Waals surface area contributed by atoms with Gasteiger partial charge in [-0.25, -0.2) is 4.79 Å². The lowest BCUT2D eigenvalue weighted by atomic mass is 9.85. The van der Waals surface area contributed by atoms with Gasteiger partial charge in [0, 0.05) is 25.8 Å². The number of nitrogens with zero attached hydrogens (tertiary/aromatic N) is 1. The number of aromatic carboxylic acids is 1. The molecule has 158 valence electrons. The molecule has 0 aliphatic carbocycles. The maximum absolute atomic E-state index is 11.8. The molecule has 3 rings (SSSR count). The number of rotatable bonds is 6. The van der Waals surface area contributed by atoms with Gasteiger partial charge in [-0.1, -0.05) is 18.2 Å². The van der Waals surface area contributed by atoms with E-state index in [9.17, 15) is 9.90 Å².